The first-order valence-electron chi connectivity index (χ1n) is 8.41. The molecule has 0 bridgehead atoms. The Morgan fingerprint density at radius 3 is 2.52 bits per heavy atom. The lowest BCUT2D eigenvalue weighted by atomic mass is 10.1. The van der Waals surface area contributed by atoms with Crippen LogP contribution in [0.2, 0.25) is 0 Å². The number of aliphatic hydroxyl groups excluding tert-OH is 1. The van der Waals surface area contributed by atoms with Crippen molar-refractivity contribution in [3.05, 3.63) is 76.1 Å². The zero-order valence-electron chi connectivity index (χ0n) is 14.7. The van der Waals surface area contributed by atoms with E-state index in [2.05, 4.69) is 4.98 Å². The van der Waals surface area contributed by atoms with E-state index in [9.17, 15) is 22.7 Å². The lowest BCUT2D eigenvalue weighted by molar-refractivity contribution is -0.137. The Bertz CT molecular complexity index is 1120. The highest BCUT2D eigenvalue weighted by Crippen LogP contribution is 2.36. The fourth-order valence-corrected chi connectivity index (χ4v) is 3.91. The zero-order valence-corrected chi connectivity index (χ0v) is 15.5. The number of anilines is 1. The second kappa shape index (κ2) is 7.00. The molecule has 4 nitrogen and oxygen atoms in total. The number of alkyl halides is 3. The highest BCUT2D eigenvalue weighted by Gasteiger charge is 2.34. The van der Waals surface area contributed by atoms with Gasteiger partial charge in [-0.15, -0.1) is 11.3 Å². The van der Waals surface area contributed by atoms with E-state index in [1.807, 2.05) is 0 Å². The fourth-order valence-electron chi connectivity index (χ4n) is 3.02. The van der Waals surface area contributed by atoms with E-state index < -0.39 is 11.7 Å². The minimum Gasteiger partial charge on any atom is -0.510 e. The Balaban J connectivity index is 1.63. The summed E-state index contributed by atoms with van der Waals surface area (Å²) < 4.78 is 52.1. The Morgan fingerprint density at radius 1 is 1.10 bits per heavy atom. The van der Waals surface area contributed by atoms with Crippen LogP contribution in [0.3, 0.4) is 0 Å². The van der Waals surface area contributed by atoms with E-state index in [1.165, 1.54) is 40.5 Å². The molecule has 1 aliphatic rings. The number of rotatable bonds is 3. The van der Waals surface area contributed by atoms with Gasteiger partial charge >= 0.3 is 6.18 Å². The first kappa shape index (κ1) is 19.1. The number of halogens is 4. The van der Waals surface area contributed by atoms with Crippen molar-refractivity contribution in [1.82, 2.24) is 4.98 Å². The molecule has 2 aromatic carbocycles. The highest BCUT2D eigenvalue weighted by molar-refractivity contribution is 7.11. The van der Waals surface area contributed by atoms with E-state index in [-0.39, 0.29) is 35.2 Å². The number of amidine groups is 1. The molecule has 0 unspecified atom stereocenters. The molecule has 0 spiro atoms. The van der Waals surface area contributed by atoms with Crippen LogP contribution in [-0.2, 0) is 6.18 Å². The lowest BCUT2D eigenvalue weighted by Crippen LogP contribution is -2.26. The quantitative estimate of drug-likeness (QED) is 0.533. The molecule has 9 heteroatoms. The van der Waals surface area contributed by atoms with E-state index in [0.29, 0.717) is 16.3 Å². The molecule has 1 aliphatic heterocycles. The molecular formula is C20H13F4N3OS. The molecule has 0 aliphatic carbocycles. The van der Waals surface area contributed by atoms with Crippen molar-refractivity contribution in [2.75, 3.05) is 11.4 Å². The van der Waals surface area contributed by atoms with Crippen molar-refractivity contribution in [3.8, 4) is 11.3 Å². The van der Waals surface area contributed by atoms with Gasteiger partial charge in [0.1, 0.15) is 22.4 Å². The minimum atomic E-state index is -4.50. The van der Waals surface area contributed by atoms with Gasteiger partial charge in [0.15, 0.2) is 0 Å². The van der Waals surface area contributed by atoms with E-state index >= 15 is 0 Å². The van der Waals surface area contributed by atoms with Gasteiger partial charge in [0.05, 0.1) is 23.4 Å². The fraction of sp³-hybridized carbons (Fsp3) is 0.100. The van der Waals surface area contributed by atoms with Crippen molar-refractivity contribution in [2.24, 2.45) is 0 Å². The van der Waals surface area contributed by atoms with Crippen LogP contribution in [0.5, 0.6) is 0 Å². The molecule has 0 atom stereocenters. The molecule has 0 saturated heterocycles. The van der Waals surface area contributed by atoms with E-state index in [4.69, 9.17) is 5.41 Å². The van der Waals surface area contributed by atoms with Crippen LogP contribution < -0.4 is 4.90 Å². The van der Waals surface area contributed by atoms with E-state index in [0.717, 1.165) is 12.1 Å². The third-order valence-corrected chi connectivity index (χ3v) is 5.31. The average molecular weight is 419 g/mol. The Hall–Kier alpha value is -3.20. The van der Waals surface area contributed by atoms with Gasteiger partial charge in [-0.05, 0) is 42.5 Å². The summed E-state index contributed by atoms with van der Waals surface area (Å²) in [6.07, 6.45) is -4.50. The number of thiazole rings is 1. The summed E-state index contributed by atoms with van der Waals surface area (Å²) in [4.78, 5) is 5.70. The van der Waals surface area contributed by atoms with Crippen LogP contribution >= 0.6 is 11.3 Å². The summed E-state index contributed by atoms with van der Waals surface area (Å²) in [6, 6.07) is 10.3. The summed E-state index contributed by atoms with van der Waals surface area (Å²) in [5.41, 5.74) is 0.718. The van der Waals surface area contributed by atoms with Crippen molar-refractivity contribution in [3.63, 3.8) is 0 Å². The zero-order chi connectivity index (χ0) is 20.8. The molecule has 4 rings (SSSR count). The third-order valence-electron chi connectivity index (χ3n) is 4.45. The number of hydrogen-bond acceptors (Lipinski definition) is 4. The summed E-state index contributed by atoms with van der Waals surface area (Å²) in [6.45, 7) is -0.124. The smallest absolute Gasteiger partial charge is 0.416 e. The van der Waals surface area contributed by atoms with Gasteiger partial charge in [-0.1, -0.05) is 6.07 Å². The Morgan fingerprint density at radius 2 is 1.83 bits per heavy atom. The van der Waals surface area contributed by atoms with Crippen LogP contribution in [0.4, 0.5) is 23.2 Å². The molecule has 29 heavy (non-hydrogen) atoms. The lowest BCUT2D eigenvalue weighted by Gasteiger charge is -2.20. The topological polar surface area (TPSA) is 60.2 Å². The van der Waals surface area contributed by atoms with Crippen molar-refractivity contribution < 1.29 is 22.7 Å². The average Bonchev–Trinajstić information content (AvgIpc) is 3.26. The molecule has 0 saturated carbocycles. The van der Waals surface area contributed by atoms with Gasteiger partial charge in [0, 0.05) is 16.6 Å². The molecular weight excluding hydrogens is 406 g/mol. The predicted molar refractivity (Wildman–Crippen MR) is 104 cm³/mol. The van der Waals surface area contributed by atoms with Gasteiger partial charge in [0.25, 0.3) is 0 Å². The minimum absolute atomic E-state index is 0.124. The molecule has 148 valence electrons. The molecule has 2 N–H and O–H groups in total. The number of nitrogens with one attached hydrogen (secondary N) is 1. The number of aromatic nitrogens is 1. The van der Waals surface area contributed by atoms with Crippen LogP contribution in [0.1, 0.15) is 10.6 Å². The number of benzene rings is 2. The van der Waals surface area contributed by atoms with Gasteiger partial charge in [0.2, 0.25) is 0 Å². The van der Waals surface area contributed by atoms with Crippen molar-refractivity contribution in [2.45, 2.75) is 6.18 Å². The predicted octanol–water partition coefficient (Wildman–Crippen LogP) is 5.73. The first-order chi connectivity index (χ1) is 13.7. The Kier molecular flexibility index (Phi) is 4.62. The van der Waals surface area contributed by atoms with Gasteiger partial charge < -0.3 is 10.0 Å². The summed E-state index contributed by atoms with van der Waals surface area (Å²) in [5.74, 6) is -0.659. The summed E-state index contributed by atoms with van der Waals surface area (Å²) in [7, 11) is 0. The molecule has 3 aromatic rings. The van der Waals surface area contributed by atoms with Gasteiger partial charge in [-0.25, -0.2) is 9.37 Å². The normalized spacial score (nSPS) is 14.8. The molecule has 0 radical (unpaired) electrons. The van der Waals surface area contributed by atoms with Crippen molar-refractivity contribution in [1.29, 1.82) is 5.41 Å². The highest BCUT2D eigenvalue weighted by atomic mass is 32.1. The molecule has 2 heterocycles. The standard InChI is InChI=1S/C20H13F4N3OS/c21-13-6-4-11(5-7-13)15-10-29-19(26-15)17-16(28)9-27(18(17)25)14-3-1-2-12(8-14)20(22,23)24/h1-8,10,25,28H,9H2. The maximum absolute atomic E-state index is 13.1. The summed E-state index contributed by atoms with van der Waals surface area (Å²) >= 11 is 1.19. The SMILES string of the molecule is N=C1C(c2nc(-c3ccc(F)cc3)cs2)=C(O)CN1c1cccc(C(F)(F)F)c1. The van der Waals surface area contributed by atoms with Crippen molar-refractivity contribution >= 4 is 28.4 Å². The van der Waals surface area contributed by atoms with Gasteiger partial charge in [-0.2, -0.15) is 13.2 Å². The van der Waals surface area contributed by atoms with Gasteiger partial charge in [-0.3, -0.25) is 5.41 Å². The maximum Gasteiger partial charge on any atom is 0.416 e. The number of hydrogen-bond donors (Lipinski definition) is 2. The van der Waals surface area contributed by atoms with Crippen LogP contribution in [-0.4, -0.2) is 22.5 Å². The number of aliphatic hydroxyl groups is 1. The third kappa shape index (κ3) is 3.61. The van der Waals surface area contributed by atoms with Crippen LogP contribution in [0.25, 0.3) is 16.8 Å². The Labute approximate surface area is 166 Å². The number of nitrogens with zero attached hydrogens (tertiary/aromatic N) is 2. The second-order valence-corrected chi connectivity index (χ2v) is 7.21. The molecule has 1 aromatic heterocycles. The molecule has 0 fully saturated rings. The summed E-state index contributed by atoms with van der Waals surface area (Å²) in [5, 5.41) is 20.8. The molecule has 0 amide bonds. The first-order valence-corrected chi connectivity index (χ1v) is 9.29. The maximum atomic E-state index is 13.1. The largest absolute Gasteiger partial charge is 0.510 e. The van der Waals surface area contributed by atoms with Crippen LogP contribution in [0, 0.1) is 11.2 Å². The monoisotopic (exact) mass is 419 g/mol. The van der Waals surface area contributed by atoms with E-state index in [1.54, 1.807) is 17.5 Å². The van der Waals surface area contributed by atoms with Crippen LogP contribution in [0.15, 0.2) is 59.7 Å². The second-order valence-electron chi connectivity index (χ2n) is 6.35.